The lowest BCUT2D eigenvalue weighted by Gasteiger charge is -2.36. The maximum atomic E-state index is 15.0. The van der Waals surface area contributed by atoms with Crippen molar-refractivity contribution in [2.75, 3.05) is 18.0 Å². The quantitative estimate of drug-likeness (QED) is 0.513. The van der Waals surface area contributed by atoms with Gasteiger partial charge in [-0.2, -0.15) is 4.98 Å². The van der Waals surface area contributed by atoms with E-state index in [4.69, 9.17) is 14.2 Å². The van der Waals surface area contributed by atoms with Crippen molar-refractivity contribution < 1.29 is 13.7 Å². The number of rotatable bonds is 3. The third kappa shape index (κ3) is 2.76. The van der Waals surface area contributed by atoms with Crippen LogP contribution in [0.5, 0.6) is 0 Å². The van der Waals surface area contributed by atoms with Crippen LogP contribution < -0.4 is 4.90 Å². The van der Waals surface area contributed by atoms with Crippen LogP contribution in [0, 0.1) is 5.82 Å². The van der Waals surface area contributed by atoms with Crippen LogP contribution in [0.2, 0.25) is 0 Å². The third-order valence-electron chi connectivity index (χ3n) is 5.73. The fraction of sp³-hybridized carbons (Fsp3) is 0.429. The van der Waals surface area contributed by atoms with E-state index in [1.54, 1.807) is 16.8 Å². The van der Waals surface area contributed by atoms with E-state index in [9.17, 15) is 4.39 Å². The lowest BCUT2D eigenvalue weighted by Crippen LogP contribution is -2.46. The fourth-order valence-electron chi connectivity index (χ4n) is 4.29. The van der Waals surface area contributed by atoms with Crippen molar-refractivity contribution in [2.24, 2.45) is 0 Å². The highest BCUT2D eigenvalue weighted by Gasteiger charge is 2.31. The van der Waals surface area contributed by atoms with Crippen molar-refractivity contribution >= 4 is 22.4 Å². The first-order chi connectivity index (χ1) is 14.6. The van der Waals surface area contributed by atoms with Crippen LogP contribution in [0.15, 0.2) is 29.0 Å². The van der Waals surface area contributed by atoms with E-state index in [1.165, 1.54) is 6.07 Å². The molecule has 3 aromatic heterocycles. The number of hydrogen-bond acceptors (Lipinski definition) is 7. The summed E-state index contributed by atoms with van der Waals surface area (Å²) in [5, 5.41) is 4.57. The van der Waals surface area contributed by atoms with E-state index in [1.807, 2.05) is 19.9 Å². The molecule has 1 aromatic carbocycles. The number of fused-ring (bicyclic) bond motifs is 3. The summed E-state index contributed by atoms with van der Waals surface area (Å²) in [6.07, 6.45) is 3.85. The molecule has 8 nitrogen and oxygen atoms in total. The van der Waals surface area contributed by atoms with Gasteiger partial charge in [0.05, 0.1) is 23.1 Å². The van der Waals surface area contributed by atoms with Crippen LogP contribution in [0.1, 0.15) is 38.4 Å². The molecule has 9 heteroatoms. The number of benzene rings is 1. The van der Waals surface area contributed by atoms with E-state index in [2.05, 4.69) is 20.0 Å². The minimum atomic E-state index is -0.312. The number of halogens is 1. The highest BCUT2D eigenvalue weighted by molar-refractivity contribution is 5.94. The summed E-state index contributed by atoms with van der Waals surface area (Å²) >= 11 is 0. The summed E-state index contributed by atoms with van der Waals surface area (Å²) in [4.78, 5) is 16.0. The lowest BCUT2D eigenvalue weighted by molar-refractivity contribution is -0.00536. The molecule has 154 valence electrons. The number of morpholine rings is 1. The summed E-state index contributed by atoms with van der Waals surface area (Å²) < 4.78 is 28.1. The second-order valence-electron chi connectivity index (χ2n) is 8.25. The van der Waals surface area contributed by atoms with Gasteiger partial charge in [-0.25, -0.2) is 14.4 Å². The van der Waals surface area contributed by atoms with Crippen LogP contribution in [-0.4, -0.2) is 49.8 Å². The maximum absolute atomic E-state index is 15.0. The molecule has 0 N–H and O–H groups in total. The first-order valence-electron chi connectivity index (χ1n) is 10.3. The molecule has 30 heavy (non-hydrogen) atoms. The number of nitrogens with zero attached hydrogens (tertiary/aromatic N) is 6. The molecule has 1 saturated heterocycles. The summed E-state index contributed by atoms with van der Waals surface area (Å²) in [6.45, 7) is 5.29. The van der Waals surface area contributed by atoms with E-state index in [-0.39, 0.29) is 18.0 Å². The molecule has 6 rings (SSSR count). The number of anilines is 1. The van der Waals surface area contributed by atoms with Crippen molar-refractivity contribution in [3.63, 3.8) is 0 Å². The Hall–Kier alpha value is -3.07. The van der Waals surface area contributed by atoms with Gasteiger partial charge in [-0.1, -0.05) is 11.2 Å². The van der Waals surface area contributed by atoms with Gasteiger partial charge in [-0.3, -0.25) is 4.40 Å². The molecule has 1 saturated carbocycles. The molecule has 0 bridgehead atoms. The molecule has 2 atom stereocenters. The second-order valence-corrected chi connectivity index (χ2v) is 8.25. The van der Waals surface area contributed by atoms with Crippen molar-refractivity contribution in [3.8, 4) is 11.6 Å². The van der Waals surface area contributed by atoms with Crippen molar-refractivity contribution in [1.82, 2.24) is 24.5 Å². The average Bonchev–Trinajstić information content (AvgIpc) is 3.29. The van der Waals surface area contributed by atoms with Crippen LogP contribution in [-0.2, 0) is 4.74 Å². The Bertz CT molecular complexity index is 1250. The summed E-state index contributed by atoms with van der Waals surface area (Å²) in [6, 6.07) is 5.03. The molecule has 2 aliphatic rings. The maximum Gasteiger partial charge on any atom is 0.280 e. The molecular weight excluding hydrogens is 387 g/mol. The molecule has 0 unspecified atom stereocenters. The molecule has 0 radical (unpaired) electrons. The zero-order valence-corrected chi connectivity index (χ0v) is 16.7. The van der Waals surface area contributed by atoms with Crippen LogP contribution in [0.4, 0.5) is 10.2 Å². The van der Waals surface area contributed by atoms with Crippen LogP contribution in [0.3, 0.4) is 0 Å². The highest BCUT2D eigenvalue weighted by Crippen LogP contribution is 2.39. The number of hydrogen-bond donors (Lipinski definition) is 0. The van der Waals surface area contributed by atoms with Crippen molar-refractivity contribution in [2.45, 2.75) is 44.8 Å². The monoisotopic (exact) mass is 408 g/mol. The largest absolute Gasteiger partial charge is 0.372 e. The number of aromatic nitrogens is 5. The van der Waals surface area contributed by atoms with E-state index >= 15 is 0 Å². The zero-order chi connectivity index (χ0) is 20.4. The van der Waals surface area contributed by atoms with Crippen LogP contribution >= 0.6 is 0 Å². The SMILES string of the molecule is C[C@@H]1CN(c2nc3c(-c4nc(C5CC5)no4)ncn3c3cccc(F)c23)C[C@H](C)O1. The zero-order valence-electron chi connectivity index (χ0n) is 16.7. The molecule has 0 spiro atoms. The summed E-state index contributed by atoms with van der Waals surface area (Å²) in [7, 11) is 0. The van der Waals surface area contributed by atoms with Gasteiger partial charge in [0.15, 0.2) is 17.2 Å². The van der Waals surface area contributed by atoms with Gasteiger partial charge in [0.2, 0.25) is 0 Å². The van der Waals surface area contributed by atoms with E-state index < -0.39 is 0 Å². The topological polar surface area (TPSA) is 81.6 Å². The Labute approximate surface area is 171 Å². The molecular formula is C21H21FN6O2. The highest BCUT2D eigenvalue weighted by atomic mass is 19.1. The molecule has 0 amide bonds. The molecule has 1 aliphatic carbocycles. The number of ether oxygens (including phenoxy) is 1. The molecule has 4 heterocycles. The Morgan fingerprint density at radius 2 is 1.90 bits per heavy atom. The summed E-state index contributed by atoms with van der Waals surface area (Å²) in [5.74, 6) is 1.71. The molecule has 1 aliphatic heterocycles. The second kappa shape index (κ2) is 6.46. The van der Waals surface area contributed by atoms with Gasteiger partial charge >= 0.3 is 0 Å². The lowest BCUT2D eigenvalue weighted by atomic mass is 10.1. The van der Waals surface area contributed by atoms with Gasteiger partial charge < -0.3 is 14.2 Å². The standard InChI is InChI=1S/C21H21FN6O2/c1-11-8-27(9-12(2)29-11)19-16-14(22)4-3-5-15(16)28-10-23-17(20(28)25-19)21-24-18(26-30-21)13-6-7-13/h3-5,10-13H,6-9H2,1-2H3/t11-,12+. The Morgan fingerprint density at radius 1 is 1.10 bits per heavy atom. The summed E-state index contributed by atoms with van der Waals surface area (Å²) in [5.41, 5.74) is 1.78. The Morgan fingerprint density at radius 3 is 2.67 bits per heavy atom. The van der Waals surface area contributed by atoms with Crippen LogP contribution in [0.25, 0.3) is 28.1 Å². The molecule has 4 aromatic rings. The van der Waals surface area contributed by atoms with Gasteiger partial charge in [0.25, 0.3) is 5.89 Å². The van der Waals surface area contributed by atoms with E-state index in [0.717, 1.165) is 12.8 Å². The van der Waals surface area contributed by atoms with Crippen molar-refractivity contribution in [1.29, 1.82) is 0 Å². The van der Waals surface area contributed by atoms with E-state index in [0.29, 0.717) is 58.8 Å². The number of imidazole rings is 1. The third-order valence-corrected chi connectivity index (χ3v) is 5.73. The fourth-order valence-corrected chi connectivity index (χ4v) is 4.29. The smallest absolute Gasteiger partial charge is 0.280 e. The minimum absolute atomic E-state index is 0.0232. The first kappa shape index (κ1) is 17.8. The predicted molar refractivity (Wildman–Crippen MR) is 108 cm³/mol. The Balaban J connectivity index is 1.57. The predicted octanol–water partition coefficient (Wildman–Crippen LogP) is 3.56. The van der Waals surface area contributed by atoms with Crippen molar-refractivity contribution in [3.05, 3.63) is 36.2 Å². The van der Waals surface area contributed by atoms with Gasteiger partial charge in [0, 0.05) is 19.0 Å². The first-order valence-corrected chi connectivity index (χ1v) is 10.3. The minimum Gasteiger partial charge on any atom is -0.372 e. The normalized spacial score (nSPS) is 22.3. The Kier molecular flexibility index (Phi) is 3.83. The average molecular weight is 408 g/mol. The molecule has 2 fully saturated rings. The van der Waals surface area contributed by atoms with Gasteiger partial charge in [0.1, 0.15) is 18.0 Å². The van der Waals surface area contributed by atoms with Gasteiger partial charge in [-0.05, 0) is 38.8 Å². The van der Waals surface area contributed by atoms with Gasteiger partial charge in [-0.15, -0.1) is 0 Å².